The number of aryl methyl sites for hydroxylation is 2. The minimum Gasteiger partial charge on any atom is -0.351 e. The largest absolute Gasteiger partial charge is 0.351 e. The van der Waals surface area contributed by atoms with Crippen molar-refractivity contribution in [3.8, 4) is 0 Å². The summed E-state index contributed by atoms with van der Waals surface area (Å²) in [4.78, 5) is 18.3. The molecule has 118 valence electrons. The monoisotopic (exact) mass is 319 g/mol. The SMILES string of the molecule is CC(C)c1cc(C(=O)NC(C)c2nc3c(s2)CCCC3)on1. The summed E-state index contributed by atoms with van der Waals surface area (Å²) in [5.41, 5.74) is 2.01. The molecule has 1 aliphatic rings. The van der Waals surface area contributed by atoms with Crippen LogP contribution in [0.1, 0.15) is 77.4 Å². The van der Waals surface area contributed by atoms with Crippen LogP contribution in [0.15, 0.2) is 10.6 Å². The van der Waals surface area contributed by atoms with E-state index in [4.69, 9.17) is 4.52 Å². The molecule has 1 amide bonds. The van der Waals surface area contributed by atoms with Crippen molar-refractivity contribution in [2.75, 3.05) is 0 Å². The fourth-order valence-corrected chi connectivity index (χ4v) is 3.71. The molecule has 0 radical (unpaired) electrons. The highest BCUT2D eigenvalue weighted by molar-refractivity contribution is 7.11. The first-order valence-corrected chi connectivity index (χ1v) is 8.62. The number of hydrogen-bond donors (Lipinski definition) is 1. The fraction of sp³-hybridized carbons (Fsp3) is 0.562. The van der Waals surface area contributed by atoms with E-state index in [-0.39, 0.29) is 23.6 Å². The zero-order valence-corrected chi connectivity index (χ0v) is 14.0. The molecule has 1 unspecified atom stereocenters. The van der Waals surface area contributed by atoms with Crippen LogP contribution in [0, 0.1) is 0 Å². The topological polar surface area (TPSA) is 68.0 Å². The average Bonchev–Trinajstić information content (AvgIpc) is 3.14. The Bertz CT molecular complexity index is 651. The van der Waals surface area contributed by atoms with Gasteiger partial charge in [0, 0.05) is 10.9 Å². The Kier molecular flexibility index (Phi) is 4.29. The van der Waals surface area contributed by atoms with Crippen molar-refractivity contribution < 1.29 is 9.32 Å². The number of hydrogen-bond acceptors (Lipinski definition) is 5. The van der Waals surface area contributed by atoms with E-state index >= 15 is 0 Å². The molecule has 0 aromatic carbocycles. The van der Waals surface area contributed by atoms with Gasteiger partial charge in [-0.1, -0.05) is 19.0 Å². The molecule has 2 aromatic rings. The van der Waals surface area contributed by atoms with Gasteiger partial charge in [-0.25, -0.2) is 4.98 Å². The van der Waals surface area contributed by atoms with Crippen LogP contribution < -0.4 is 5.32 Å². The lowest BCUT2D eigenvalue weighted by Crippen LogP contribution is -2.26. The maximum Gasteiger partial charge on any atom is 0.290 e. The molecule has 0 saturated heterocycles. The lowest BCUT2D eigenvalue weighted by atomic mass is 10.0. The van der Waals surface area contributed by atoms with E-state index in [0.717, 1.165) is 23.5 Å². The zero-order chi connectivity index (χ0) is 15.7. The van der Waals surface area contributed by atoms with Gasteiger partial charge in [0.05, 0.1) is 17.4 Å². The Labute approximate surface area is 134 Å². The Balaban J connectivity index is 1.68. The molecule has 0 spiro atoms. The standard InChI is InChI=1S/C16H21N3O2S/c1-9(2)12-8-13(21-19-12)15(20)17-10(3)16-18-11-6-4-5-7-14(11)22-16/h8-10H,4-7H2,1-3H3,(H,17,20). The van der Waals surface area contributed by atoms with Crippen LogP contribution in [-0.2, 0) is 12.8 Å². The number of thiazole rings is 1. The lowest BCUT2D eigenvalue weighted by molar-refractivity contribution is 0.0902. The third-order valence-electron chi connectivity index (χ3n) is 3.92. The van der Waals surface area contributed by atoms with Gasteiger partial charge in [-0.2, -0.15) is 0 Å². The second kappa shape index (κ2) is 6.20. The van der Waals surface area contributed by atoms with Crippen molar-refractivity contribution in [1.82, 2.24) is 15.5 Å². The summed E-state index contributed by atoms with van der Waals surface area (Å²) in [6.45, 7) is 5.99. The highest BCUT2D eigenvalue weighted by Gasteiger charge is 2.21. The van der Waals surface area contributed by atoms with E-state index in [2.05, 4.69) is 15.5 Å². The number of rotatable bonds is 4. The van der Waals surface area contributed by atoms with Crippen LogP contribution in [0.3, 0.4) is 0 Å². The Hall–Kier alpha value is -1.69. The van der Waals surface area contributed by atoms with Crippen LogP contribution >= 0.6 is 11.3 Å². The van der Waals surface area contributed by atoms with Crippen molar-refractivity contribution in [1.29, 1.82) is 0 Å². The van der Waals surface area contributed by atoms with Crippen LogP contribution in [-0.4, -0.2) is 16.0 Å². The van der Waals surface area contributed by atoms with E-state index in [1.165, 1.54) is 23.4 Å². The summed E-state index contributed by atoms with van der Waals surface area (Å²) in [6, 6.07) is 1.59. The van der Waals surface area contributed by atoms with Gasteiger partial charge in [0.2, 0.25) is 5.76 Å². The predicted molar refractivity (Wildman–Crippen MR) is 85.2 cm³/mol. The third-order valence-corrected chi connectivity index (χ3v) is 5.26. The van der Waals surface area contributed by atoms with Crippen molar-refractivity contribution in [2.24, 2.45) is 0 Å². The summed E-state index contributed by atoms with van der Waals surface area (Å²) >= 11 is 1.72. The summed E-state index contributed by atoms with van der Waals surface area (Å²) in [6.07, 6.45) is 4.64. The predicted octanol–water partition coefficient (Wildman–Crippen LogP) is 3.62. The average molecular weight is 319 g/mol. The number of nitrogens with one attached hydrogen (secondary N) is 1. The number of carbonyl (C=O) groups excluding carboxylic acids is 1. The summed E-state index contributed by atoms with van der Waals surface area (Å²) in [7, 11) is 0. The number of carbonyl (C=O) groups is 1. The summed E-state index contributed by atoms with van der Waals surface area (Å²) < 4.78 is 5.13. The molecule has 2 aromatic heterocycles. The van der Waals surface area contributed by atoms with E-state index < -0.39 is 0 Å². The Morgan fingerprint density at radius 3 is 2.77 bits per heavy atom. The summed E-state index contributed by atoms with van der Waals surface area (Å²) in [5, 5.41) is 7.85. The molecule has 22 heavy (non-hydrogen) atoms. The molecule has 6 heteroatoms. The molecule has 0 saturated carbocycles. The van der Waals surface area contributed by atoms with Crippen molar-refractivity contribution in [3.05, 3.63) is 33.1 Å². The smallest absolute Gasteiger partial charge is 0.290 e. The van der Waals surface area contributed by atoms with Gasteiger partial charge >= 0.3 is 0 Å². The quantitative estimate of drug-likeness (QED) is 0.934. The fourth-order valence-electron chi connectivity index (χ4n) is 2.55. The molecule has 0 aliphatic heterocycles. The minimum absolute atomic E-state index is 0.115. The van der Waals surface area contributed by atoms with Gasteiger partial charge in [0.15, 0.2) is 0 Å². The lowest BCUT2D eigenvalue weighted by Gasteiger charge is -2.09. The van der Waals surface area contributed by atoms with Gasteiger partial charge in [0.25, 0.3) is 5.91 Å². The van der Waals surface area contributed by atoms with Crippen molar-refractivity contribution in [3.63, 3.8) is 0 Å². The van der Waals surface area contributed by atoms with Crippen LogP contribution in [0.25, 0.3) is 0 Å². The van der Waals surface area contributed by atoms with Gasteiger partial charge < -0.3 is 9.84 Å². The van der Waals surface area contributed by atoms with Crippen molar-refractivity contribution in [2.45, 2.75) is 58.4 Å². The first-order chi connectivity index (χ1) is 10.5. The maximum absolute atomic E-state index is 12.2. The number of amides is 1. The zero-order valence-electron chi connectivity index (χ0n) is 13.2. The third kappa shape index (κ3) is 3.06. The molecule has 3 rings (SSSR count). The summed E-state index contributed by atoms with van der Waals surface area (Å²) in [5.74, 6) is 0.269. The van der Waals surface area contributed by atoms with Crippen molar-refractivity contribution >= 4 is 17.2 Å². The van der Waals surface area contributed by atoms with E-state index in [0.29, 0.717) is 0 Å². The highest BCUT2D eigenvalue weighted by Crippen LogP contribution is 2.29. The molecule has 0 bridgehead atoms. The van der Waals surface area contributed by atoms with Gasteiger partial charge in [-0.05, 0) is 38.5 Å². The van der Waals surface area contributed by atoms with E-state index in [1.54, 1.807) is 17.4 Å². The normalized spacial score (nSPS) is 15.6. The van der Waals surface area contributed by atoms with Gasteiger partial charge in [0.1, 0.15) is 5.01 Å². The molecule has 1 atom stereocenters. The maximum atomic E-state index is 12.2. The number of aromatic nitrogens is 2. The number of nitrogens with zero attached hydrogens (tertiary/aromatic N) is 2. The van der Waals surface area contributed by atoms with E-state index in [1.807, 2.05) is 20.8 Å². The second-order valence-electron chi connectivity index (χ2n) is 6.09. The van der Waals surface area contributed by atoms with E-state index in [9.17, 15) is 4.79 Å². The highest BCUT2D eigenvalue weighted by atomic mass is 32.1. The first-order valence-electron chi connectivity index (χ1n) is 7.80. The molecule has 1 aliphatic carbocycles. The second-order valence-corrected chi connectivity index (χ2v) is 7.21. The minimum atomic E-state index is -0.236. The van der Waals surface area contributed by atoms with Gasteiger partial charge in [-0.3, -0.25) is 4.79 Å². The molecule has 2 heterocycles. The Morgan fingerprint density at radius 1 is 1.32 bits per heavy atom. The molecule has 1 N–H and O–H groups in total. The Morgan fingerprint density at radius 2 is 2.09 bits per heavy atom. The van der Waals surface area contributed by atoms with Gasteiger partial charge in [-0.15, -0.1) is 11.3 Å². The molecular formula is C16H21N3O2S. The molecule has 5 nitrogen and oxygen atoms in total. The van der Waals surface area contributed by atoms with Crippen LogP contribution in [0.2, 0.25) is 0 Å². The molecular weight excluding hydrogens is 298 g/mol. The molecule has 0 fully saturated rings. The van der Waals surface area contributed by atoms with Crippen LogP contribution in [0.5, 0.6) is 0 Å². The first kappa shape index (κ1) is 15.2. The number of fused-ring (bicyclic) bond motifs is 1. The van der Waals surface area contributed by atoms with Crippen LogP contribution in [0.4, 0.5) is 0 Å².